The minimum absolute atomic E-state index is 0.115. The second-order valence-corrected chi connectivity index (χ2v) is 5.43. The molecular weight excluding hydrogens is 266 g/mol. The highest BCUT2D eigenvalue weighted by Crippen LogP contribution is 2.08. The van der Waals surface area contributed by atoms with Crippen LogP contribution in [0, 0.1) is 0 Å². The molecule has 0 aromatic heterocycles. The monoisotopic (exact) mass is 289 g/mol. The molecule has 21 heavy (non-hydrogen) atoms. The fourth-order valence-electron chi connectivity index (χ4n) is 2.51. The third-order valence-electron chi connectivity index (χ3n) is 3.73. The van der Waals surface area contributed by atoms with Crippen LogP contribution in [0.25, 0.3) is 0 Å². The van der Waals surface area contributed by atoms with Crippen LogP contribution in [0.2, 0.25) is 0 Å². The Morgan fingerprint density at radius 2 is 1.86 bits per heavy atom. The molecule has 0 spiro atoms. The van der Waals surface area contributed by atoms with Gasteiger partial charge in [0.25, 0.3) is 0 Å². The van der Waals surface area contributed by atoms with Crippen LogP contribution in [0.15, 0.2) is 30.3 Å². The number of carbonyl (C=O) groups excluding carboxylic acids is 2. The van der Waals surface area contributed by atoms with E-state index in [-0.39, 0.29) is 11.8 Å². The van der Waals surface area contributed by atoms with Gasteiger partial charge in [0.15, 0.2) is 0 Å². The molecule has 2 amide bonds. The first-order chi connectivity index (χ1) is 10.2. The van der Waals surface area contributed by atoms with Gasteiger partial charge in [-0.25, -0.2) is 0 Å². The standard InChI is InChI=1S/C16H23N3O2/c17-14(12-13-6-2-1-3-7-13)16(21)18-9-8-15(20)19-10-4-5-11-19/h1-3,6-7,14H,4-5,8-12,17H2,(H,18,21)/t14-/m0/s1. The fourth-order valence-corrected chi connectivity index (χ4v) is 2.51. The summed E-state index contributed by atoms with van der Waals surface area (Å²) in [4.78, 5) is 25.6. The summed E-state index contributed by atoms with van der Waals surface area (Å²) in [7, 11) is 0. The van der Waals surface area contributed by atoms with Gasteiger partial charge in [-0.05, 0) is 24.8 Å². The zero-order valence-corrected chi connectivity index (χ0v) is 12.3. The maximum absolute atomic E-state index is 11.9. The SMILES string of the molecule is N[C@@H](Cc1ccccc1)C(=O)NCCC(=O)N1CCCC1. The van der Waals surface area contributed by atoms with Gasteiger partial charge < -0.3 is 16.0 Å². The molecule has 1 heterocycles. The third-order valence-corrected chi connectivity index (χ3v) is 3.73. The number of hydrogen-bond acceptors (Lipinski definition) is 3. The predicted molar refractivity (Wildman–Crippen MR) is 81.6 cm³/mol. The summed E-state index contributed by atoms with van der Waals surface area (Å²) in [6, 6.07) is 9.10. The predicted octanol–water partition coefficient (Wildman–Crippen LogP) is 0.685. The largest absolute Gasteiger partial charge is 0.354 e. The molecule has 5 nitrogen and oxygen atoms in total. The molecule has 0 radical (unpaired) electrons. The van der Waals surface area contributed by atoms with Crippen LogP contribution in [-0.2, 0) is 16.0 Å². The van der Waals surface area contributed by atoms with Crippen LogP contribution < -0.4 is 11.1 Å². The van der Waals surface area contributed by atoms with Gasteiger partial charge in [-0.2, -0.15) is 0 Å². The zero-order chi connectivity index (χ0) is 15.1. The van der Waals surface area contributed by atoms with Crippen molar-refractivity contribution in [2.45, 2.75) is 31.7 Å². The molecule has 114 valence electrons. The minimum atomic E-state index is -0.575. The molecule has 0 saturated carbocycles. The topological polar surface area (TPSA) is 75.4 Å². The molecule has 3 N–H and O–H groups in total. The van der Waals surface area contributed by atoms with Crippen LogP contribution in [0.3, 0.4) is 0 Å². The lowest BCUT2D eigenvalue weighted by Crippen LogP contribution is -2.43. The second-order valence-electron chi connectivity index (χ2n) is 5.43. The Hall–Kier alpha value is -1.88. The summed E-state index contributed by atoms with van der Waals surface area (Å²) in [5.74, 6) is -0.0856. The van der Waals surface area contributed by atoms with Gasteiger partial charge in [-0.1, -0.05) is 30.3 Å². The molecule has 1 aromatic rings. The molecule has 5 heteroatoms. The Bertz CT molecular complexity index is 470. The lowest BCUT2D eigenvalue weighted by molar-refractivity contribution is -0.130. The Morgan fingerprint density at radius 3 is 2.52 bits per heavy atom. The number of nitrogens with two attached hydrogens (primary N) is 1. The molecule has 0 bridgehead atoms. The van der Waals surface area contributed by atoms with Crippen LogP contribution in [-0.4, -0.2) is 42.4 Å². The van der Waals surface area contributed by atoms with Gasteiger partial charge in [0.05, 0.1) is 6.04 Å². The van der Waals surface area contributed by atoms with Gasteiger partial charge in [0.2, 0.25) is 11.8 Å². The average Bonchev–Trinajstić information content (AvgIpc) is 3.02. The Morgan fingerprint density at radius 1 is 1.19 bits per heavy atom. The number of amides is 2. The van der Waals surface area contributed by atoms with Crippen LogP contribution in [0.5, 0.6) is 0 Å². The second kappa shape index (κ2) is 7.78. The lowest BCUT2D eigenvalue weighted by Gasteiger charge is -2.16. The quantitative estimate of drug-likeness (QED) is 0.809. The average molecular weight is 289 g/mol. The molecule has 1 atom stereocenters. The van der Waals surface area contributed by atoms with Gasteiger partial charge >= 0.3 is 0 Å². The van der Waals surface area contributed by atoms with Crippen LogP contribution in [0.4, 0.5) is 0 Å². The van der Waals surface area contributed by atoms with Crippen molar-refractivity contribution in [3.63, 3.8) is 0 Å². The van der Waals surface area contributed by atoms with E-state index in [4.69, 9.17) is 5.73 Å². The maximum Gasteiger partial charge on any atom is 0.237 e. The number of nitrogens with zero attached hydrogens (tertiary/aromatic N) is 1. The van der Waals surface area contributed by atoms with Crippen LogP contribution >= 0.6 is 0 Å². The highest BCUT2D eigenvalue weighted by Gasteiger charge is 2.18. The van der Waals surface area contributed by atoms with E-state index in [1.165, 1.54) is 0 Å². The Labute approximate surface area is 125 Å². The summed E-state index contributed by atoms with van der Waals surface area (Å²) >= 11 is 0. The summed E-state index contributed by atoms with van der Waals surface area (Å²) in [5, 5.41) is 2.75. The summed E-state index contributed by atoms with van der Waals surface area (Å²) in [6.07, 6.45) is 3.02. The van der Waals surface area contributed by atoms with Gasteiger partial charge in [0.1, 0.15) is 0 Å². The van der Waals surface area contributed by atoms with E-state index < -0.39 is 6.04 Å². The van der Waals surface area contributed by atoms with Crippen molar-refractivity contribution >= 4 is 11.8 Å². The highest BCUT2D eigenvalue weighted by molar-refractivity contribution is 5.83. The number of nitrogens with one attached hydrogen (secondary N) is 1. The summed E-state index contributed by atoms with van der Waals surface area (Å²) < 4.78 is 0. The summed E-state index contributed by atoms with van der Waals surface area (Å²) in [5.41, 5.74) is 6.92. The van der Waals surface area contributed by atoms with E-state index >= 15 is 0 Å². The normalized spacial score (nSPS) is 15.8. The Balaban J connectivity index is 1.67. The van der Waals surface area contributed by atoms with Crippen molar-refractivity contribution in [1.29, 1.82) is 0 Å². The smallest absolute Gasteiger partial charge is 0.237 e. The van der Waals surface area contributed by atoms with E-state index in [0.29, 0.717) is 19.4 Å². The van der Waals surface area contributed by atoms with Crippen LogP contribution in [0.1, 0.15) is 24.8 Å². The first-order valence-electron chi connectivity index (χ1n) is 7.52. The van der Waals surface area contributed by atoms with Crippen molar-refractivity contribution in [3.05, 3.63) is 35.9 Å². The molecule has 1 aromatic carbocycles. The van der Waals surface area contributed by atoms with Gasteiger partial charge in [-0.15, -0.1) is 0 Å². The fraction of sp³-hybridized carbons (Fsp3) is 0.500. The summed E-state index contributed by atoms with van der Waals surface area (Å²) in [6.45, 7) is 2.05. The molecule has 0 aliphatic carbocycles. The van der Waals surface area contributed by atoms with Gasteiger partial charge in [-0.3, -0.25) is 9.59 Å². The van der Waals surface area contributed by atoms with E-state index in [2.05, 4.69) is 5.32 Å². The minimum Gasteiger partial charge on any atom is -0.354 e. The molecular formula is C16H23N3O2. The van der Waals surface area contributed by atoms with Crippen molar-refractivity contribution < 1.29 is 9.59 Å². The van der Waals surface area contributed by atoms with Crippen molar-refractivity contribution in [1.82, 2.24) is 10.2 Å². The zero-order valence-electron chi connectivity index (χ0n) is 12.3. The number of rotatable bonds is 6. The molecule has 1 aliphatic heterocycles. The van der Waals surface area contributed by atoms with E-state index in [1.807, 2.05) is 35.2 Å². The molecule has 1 saturated heterocycles. The number of likely N-dealkylation sites (tertiary alicyclic amines) is 1. The highest BCUT2D eigenvalue weighted by atomic mass is 16.2. The number of hydrogen-bond donors (Lipinski definition) is 2. The van der Waals surface area contributed by atoms with E-state index in [1.54, 1.807) is 0 Å². The van der Waals surface area contributed by atoms with E-state index in [9.17, 15) is 9.59 Å². The number of benzene rings is 1. The molecule has 2 rings (SSSR count). The van der Waals surface area contributed by atoms with Gasteiger partial charge in [0, 0.05) is 26.1 Å². The Kier molecular flexibility index (Phi) is 5.75. The van der Waals surface area contributed by atoms with Crippen molar-refractivity contribution in [2.24, 2.45) is 5.73 Å². The third kappa shape index (κ3) is 4.86. The van der Waals surface area contributed by atoms with Crippen molar-refractivity contribution in [3.8, 4) is 0 Å². The van der Waals surface area contributed by atoms with Crippen molar-refractivity contribution in [2.75, 3.05) is 19.6 Å². The first-order valence-corrected chi connectivity index (χ1v) is 7.52. The maximum atomic E-state index is 11.9. The molecule has 1 fully saturated rings. The molecule has 1 aliphatic rings. The molecule has 0 unspecified atom stereocenters. The lowest BCUT2D eigenvalue weighted by atomic mass is 10.1. The number of carbonyl (C=O) groups is 2. The first kappa shape index (κ1) is 15.5. The van der Waals surface area contributed by atoms with E-state index in [0.717, 1.165) is 31.5 Å².